The quantitative estimate of drug-likeness (QED) is 0.301. The summed E-state index contributed by atoms with van der Waals surface area (Å²) in [6.45, 7) is 0.883. The first-order chi connectivity index (χ1) is 14.0. The molecule has 2 aromatic carbocycles. The maximum absolute atomic E-state index is 6.39. The molecule has 0 saturated carbocycles. The summed E-state index contributed by atoms with van der Waals surface area (Å²) in [5.41, 5.74) is 26.4. The van der Waals surface area contributed by atoms with Crippen LogP contribution in [0.4, 0.5) is 28.7 Å². The molecule has 8 N–H and O–H groups in total. The maximum Gasteiger partial charge on any atom is 0.153 e. The third-order valence-electron chi connectivity index (χ3n) is 4.35. The van der Waals surface area contributed by atoms with Crippen molar-refractivity contribution in [3.63, 3.8) is 0 Å². The summed E-state index contributed by atoms with van der Waals surface area (Å²) in [7, 11) is 0. The zero-order valence-corrected chi connectivity index (χ0v) is 15.5. The number of nitrogens with two attached hydrogens (primary N) is 4. The van der Waals surface area contributed by atoms with Crippen molar-refractivity contribution in [1.82, 2.24) is 9.97 Å². The van der Waals surface area contributed by atoms with E-state index in [0.717, 1.165) is 16.3 Å². The minimum absolute atomic E-state index is 0.218. The second-order valence-corrected chi connectivity index (χ2v) is 6.38. The maximum atomic E-state index is 6.39. The lowest BCUT2D eigenvalue weighted by Gasteiger charge is -2.10. The highest BCUT2D eigenvalue weighted by atomic mass is 16.5. The van der Waals surface area contributed by atoms with Gasteiger partial charge in [-0.05, 0) is 48.5 Å². The van der Waals surface area contributed by atoms with Crippen molar-refractivity contribution in [2.75, 3.05) is 30.4 Å². The van der Waals surface area contributed by atoms with Gasteiger partial charge in [0.1, 0.15) is 23.9 Å². The van der Waals surface area contributed by atoms with Gasteiger partial charge in [0.25, 0.3) is 0 Å². The molecule has 0 spiro atoms. The van der Waals surface area contributed by atoms with Crippen LogP contribution in [0.25, 0.3) is 21.8 Å². The van der Waals surface area contributed by atoms with E-state index in [4.69, 9.17) is 27.7 Å². The number of nitrogens with zero attached hydrogens (tertiary/aromatic N) is 4. The molecule has 0 saturated heterocycles. The van der Waals surface area contributed by atoms with Crippen LogP contribution >= 0.6 is 0 Å². The summed E-state index contributed by atoms with van der Waals surface area (Å²) in [6, 6.07) is 14.4. The lowest BCUT2D eigenvalue weighted by atomic mass is 10.1. The van der Waals surface area contributed by atoms with Crippen LogP contribution in [-0.4, -0.2) is 23.1 Å². The van der Waals surface area contributed by atoms with E-state index in [1.54, 1.807) is 12.1 Å². The number of nitrogen functional groups attached to an aromatic ring is 3. The van der Waals surface area contributed by atoms with Gasteiger partial charge in [-0.2, -0.15) is 5.11 Å². The minimum Gasteiger partial charge on any atom is -0.492 e. The van der Waals surface area contributed by atoms with Crippen LogP contribution < -0.4 is 27.7 Å². The van der Waals surface area contributed by atoms with Crippen LogP contribution in [0, 0.1) is 0 Å². The molecule has 9 heteroatoms. The van der Waals surface area contributed by atoms with E-state index < -0.39 is 0 Å². The number of benzene rings is 2. The third-order valence-corrected chi connectivity index (χ3v) is 4.35. The molecule has 0 aliphatic heterocycles. The Balaban J connectivity index is 1.72. The van der Waals surface area contributed by atoms with Gasteiger partial charge in [0, 0.05) is 17.3 Å². The first kappa shape index (κ1) is 18.4. The number of rotatable bonds is 5. The number of anilines is 3. The van der Waals surface area contributed by atoms with Crippen molar-refractivity contribution in [3.05, 3.63) is 48.5 Å². The molecule has 0 radical (unpaired) electrons. The summed E-state index contributed by atoms with van der Waals surface area (Å²) < 4.78 is 5.58. The van der Waals surface area contributed by atoms with E-state index in [9.17, 15) is 0 Å². The molecular formula is C20H20N8O. The van der Waals surface area contributed by atoms with E-state index in [-0.39, 0.29) is 5.82 Å². The fourth-order valence-corrected chi connectivity index (χ4v) is 2.95. The predicted molar refractivity (Wildman–Crippen MR) is 115 cm³/mol. The number of hydrogen-bond donors (Lipinski definition) is 4. The van der Waals surface area contributed by atoms with E-state index in [0.29, 0.717) is 47.3 Å². The van der Waals surface area contributed by atoms with Gasteiger partial charge in [-0.15, -0.1) is 5.11 Å². The monoisotopic (exact) mass is 388 g/mol. The summed E-state index contributed by atoms with van der Waals surface area (Å²) >= 11 is 0. The molecule has 146 valence electrons. The van der Waals surface area contributed by atoms with Crippen molar-refractivity contribution < 1.29 is 4.74 Å². The summed E-state index contributed by atoms with van der Waals surface area (Å²) in [4.78, 5) is 8.65. The minimum atomic E-state index is 0.218. The van der Waals surface area contributed by atoms with Crippen molar-refractivity contribution in [2.45, 2.75) is 0 Å². The SMILES string of the molecule is NCCOc1ccc2nc3cc(N=Nc4ccc(N)nc4N)ccc3c(N)c2c1. The van der Waals surface area contributed by atoms with Crippen molar-refractivity contribution >= 4 is 50.5 Å². The average molecular weight is 388 g/mol. The Bertz CT molecular complexity index is 1240. The van der Waals surface area contributed by atoms with Crippen LogP contribution in [0.5, 0.6) is 5.75 Å². The predicted octanol–water partition coefficient (Wildman–Crippen LogP) is 3.28. The van der Waals surface area contributed by atoms with Gasteiger partial charge >= 0.3 is 0 Å². The highest BCUT2D eigenvalue weighted by Crippen LogP contribution is 2.33. The zero-order chi connectivity index (χ0) is 20.4. The summed E-state index contributed by atoms with van der Waals surface area (Å²) in [5.74, 6) is 1.25. The standard InChI is InChI=1S/C20H20N8O/c21-7-8-29-12-2-4-15-14(10-12)19(23)13-3-1-11(9-17(13)25-15)27-28-16-5-6-18(22)26-20(16)24/h1-6,9-10H,7-8,21H2,(H2,23,25)(H4,22,24,26). The molecule has 0 bridgehead atoms. The molecule has 0 unspecified atom stereocenters. The summed E-state index contributed by atoms with van der Waals surface area (Å²) in [5, 5.41) is 10.0. The number of pyridine rings is 2. The molecule has 2 aromatic heterocycles. The molecule has 0 aliphatic rings. The third kappa shape index (κ3) is 3.71. The molecule has 2 heterocycles. The Morgan fingerprint density at radius 1 is 0.828 bits per heavy atom. The van der Waals surface area contributed by atoms with Crippen LogP contribution in [0.2, 0.25) is 0 Å². The van der Waals surface area contributed by atoms with Gasteiger partial charge in [0.2, 0.25) is 0 Å². The molecule has 0 fully saturated rings. The molecular weight excluding hydrogens is 368 g/mol. The molecule has 29 heavy (non-hydrogen) atoms. The number of aromatic nitrogens is 2. The van der Waals surface area contributed by atoms with Crippen molar-refractivity contribution in [3.8, 4) is 5.75 Å². The van der Waals surface area contributed by atoms with E-state index >= 15 is 0 Å². The molecule has 4 rings (SSSR count). The number of hydrogen-bond acceptors (Lipinski definition) is 9. The van der Waals surface area contributed by atoms with Gasteiger partial charge in [0.05, 0.1) is 22.4 Å². The Morgan fingerprint density at radius 3 is 2.48 bits per heavy atom. The number of fused-ring (bicyclic) bond motifs is 2. The second kappa shape index (κ2) is 7.56. The Hall–Kier alpha value is -3.98. The van der Waals surface area contributed by atoms with Gasteiger partial charge in [-0.3, -0.25) is 0 Å². The molecule has 9 nitrogen and oxygen atoms in total. The fourth-order valence-electron chi connectivity index (χ4n) is 2.95. The number of ether oxygens (including phenoxy) is 1. The molecule has 0 atom stereocenters. The van der Waals surface area contributed by atoms with E-state index in [2.05, 4.69) is 20.2 Å². The van der Waals surface area contributed by atoms with Crippen molar-refractivity contribution in [2.24, 2.45) is 16.0 Å². The molecule has 4 aromatic rings. The van der Waals surface area contributed by atoms with Crippen molar-refractivity contribution in [1.29, 1.82) is 0 Å². The lowest BCUT2D eigenvalue weighted by molar-refractivity contribution is 0.329. The first-order valence-electron chi connectivity index (χ1n) is 8.95. The van der Waals surface area contributed by atoms with Crippen LogP contribution in [0.1, 0.15) is 0 Å². The first-order valence-corrected chi connectivity index (χ1v) is 8.95. The Morgan fingerprint density at radius 2 is 1.69 bits per heavy atom. The topological polar surface area (TPSA) is 164 Å². The number of azo groups is 1. The highest BCUT2D eigenvalue weighted by Gasteiger charge is 2.09. The van der Waals surface area contributed by atoms with Gasteiger partial charge in [0.15, 0.2) is 5.82 Å². The lowest BCUT2D eigenvalue weighted by Crippen LogP contribution is -2.10. The second-order valence-electron chi connectivity index (χ2n) is 6.38. The molecule has 0 amide bonds. The van der Waals surface area contributed by atoms with E-state index in [1.165, 1.54) is 0 Å². The summed E-state index contributed by atoms with van der Waals surface area (Å²) in [6.07, 6.45) is 0. The van der Waals surface area contributed by atoms with Gasteiger partial charge in [-0.1, -0.05) is 0 Å². The molecule has 0 aliphatic carbocycles. The fraction of sp³-hybridized carbons (Fsp3) is 0.100. The smallest absolute Gasteiger partial charge is 0.153 e. The van der Waals surface area contributed by atoms with Crippen LogP contribution in [0.3, 0.4) is 0 Å². The van der Waals surface area contributed by atoms with Gasteiger partial charge < -0.3 is 27.7 Å². The average Bonchev–Trinajstić information content (AvgIpc) is 2.72. The van der Waals surface area contributed by atoms with Gasteiger partial charge in [-0.25, -0.2) is 9.97 Å². The normalized spacial score (nSPS) is 11.5. The van der Waals surface area contributed by atoms with Crippen LogP contribution in [0.15, 0.2) is 58.8 Å². The Kier molecular flexibility index (Phi) is 4.80. The largest absolute Gasteiger partial charge is 0.492 e. The highest BCUT2D eigenvalue weighted by molar-refractivity contribution is 6.07. The zero-order valence-electron chi connectivity index (χ0n) is 15.5. The van der Waals surface area contributed by atoms with E-state index in [1.807, 2.05) is 36.4 Å². The van der Waals surface area contributed by atoms with Crippen LogP contribution in [-0.2, 0) is 0 Å². The Labute approximate surface area is 166 Å².